The molecule has 1 rings (SSSR count). The number of rotatable bonds is 7. The van der Waals surface area contributed by atoms with Crippen LogP contribution in [0.25, 0.3) is 0 Å². The summed E-state index contributed by atoms with van der Waals surface area (Å²) in [6.07, 6.45) is 0. The maximum Gasteiger partial charge on any atom is 0.252 e. The smallest absolute Gasteiger partial charge is 0.252 e. The topological polar surface area (TPSA) is 41.6 Å². The summed E-state index contributed by atoms with van der Waals surface area (Å²) in [7, 11) is 3.98. The molecule has 1 N–H and O–H groups in total. The van der Waals surface area contributed by atoms with Crippen molar-refractivity contribution in [2.45, 2.75) is 0 Å². The van der Waals surface area contributed by atoms with Gasteiger partial charge in [-0.05, 0) is 54.9 Å². The summed E-state index contributed by atoms with van der Waals surface area (Å²) in [6.45, 7) is 2.54. The van der Waals surface area contributed by atoms with Crippen molar-refractivity contribution in [1.82, 2.24) is 10.2 Å². The first-order valence-corrected chi connectivity index (χ1v) is 7.42. The minimum Gasteiger partial charge on any atom is -0.378 e. The second kappa shape index (κ2) is 8.73. The van der Waals surface area contributed by atoms with E-state index >= 15 is 0 Å². The van der Waals surface area contributed by atoms with Crippen LogP contribution in [0, 0.1) is 3.57 Å². The molecule has 0 radical (unpaired) electrons. The molecule has 0 saturated carbocycles. The number of ether oxygens (including phenoxy) is 1. The fourth-order valence-corrected chi connectivity index (χ4v) is 2.11. The normalized spacial score (nSPS) is 10.8. The minimum absolute atomic E-state index is 0.122. The van der Waals surface area contributed by atoms with Crippen LogP contribution >= 0.6 is 34.2 Å². The van der Waals surface area contributed by atoms with Gasteiger partial charge in [-0.25, -0.2) is 0 Å². The molecule has 0 aliphatic heterocycles. The Bertz CT molecular complexity index is 427. The number of hydrogen-bond acceptors (Lipinski definition) is 3. The Labute approximate surface area is 132 Å². The second-order valence-corrected chi connectivity index (χ2v) is 5.89. The molecule has 106 valence electrons. The zero-order chi connectivity index (χ0) is 14.3. The summed E-state index contributed by atoms with van der Waals surface area (Å²) < 4.78 is 6.28. The number of halogens is 2. The summed E-state index contributed by atoms with van der Waals surface area (Å²) in [5.74, 6) is -0.122. The maximum absolute atomic E-state index is 11.9. The maximum atomic E-state index is 11.9. The van der Waals surface area contributed by atoms with Crippen LogP contribution in [0.5, 0.6) is 0 Å². The molecule has 1 amide bonds. The highest BCUT2D eigenvalue weighted by molar-refractivity contribution is 14.1. The van der Waals surface area contributed by atoms with Crippen molar-refractivity contribution >= 4 is 40.1 Å². The quantitative estimate of drug-likeness (QED) is 0.568. The summed E-state index contributed by atoms with van der Waals surface area (Å²) >= 11 is 8.00. The molecule has 4 nitrogen and oxygen atoms in total. The lowest BCUT2D eigenvalue weighted by atomic mass is 10.2. The van der Waals surface area contributed by atoms with E-state index in [4.69, 9.17) is 16.3 Å². The highest BCUT2D eigenvalue weighted by atomic mass is 127. The van der Waals surface area contributed by atoms with Crippen molar-refractivity contribution < 1.29 is 9.53 Å². The van der Waals surface area contributed by atoms with Crippen LogP contribution in [0.4, 0.5) is 0 Å². The van der Waals surface area contributed by atoms with E-state index in [1.165, 1.54) is 0 Å². The van der Waals surface area contributed by atoms with Crippen molar-refractivity contribution in [3.8, 4) is 0 Å². The lowest BCUT2D eigenvalue weighted by Gasteiger charge is -2.10. The van der Waals surface area contributed by atoms with E-state index in [0.29, 0.717) is 30.3 Å². The van der Waals surface area contributed by atoms with E-state index in [-0.39, 0.29) is 5.91 Å². The molecule has 0 heterocycles. The van der Waals surface area contributed by atoms with Gasteiger partial charge in [0.05, 0.1) is 18.8 Å². The van der Waals surface area contributed by atoms with Crippen LogP contribution in [0.1, 0.15) is 10.4 Å². The molecule has 0 aromatic heterocycles. The summed E-state index contributed by atoms with van der Waals surface area (Å²) in [5.41, 5.74) is 0.599. The van der Waals surface area contributed by atoms with E-state index < -0.39 is 0 Å². The number of amides is 1. The summed E-state index contributed by atoms with van der Waals surface area (Å²) in [4.78, 5) is 14.0. The van der Waals surface area contributed by atoms with Gasteiger partial charge < -0.3 is 15.0 Å². The lowest BCUT2D eigenvalue weighted by Crippen LogP contribution is -2.28. The molecule has 0 atom stereocenters. The number of nitrogens with one attached hydrogen (secondary N) is 1. The second-order valence-electron chi connectivity index (χ2n) is 4.30. The van der Waals surface area contributed by atoms with Crippen LogP contribution in [0.2, 0.25) is 5.02 Å². The van der Waals surface area contributed by atoms with E-state index in [1.54, 1.807) is 12.1 Å². The summed E-state index contributed by atoms with van der Waals surface area (Å²) in [5, 5.41) is 3.38. The van der Waals surface area contributed by atoms with Gasteiger partial charge in [0.2, 0.25) is 0 Å². The van der Waals surface area contributed by atoms with Gasteiger partial charge in [-0.1, -0.05) is 11.6 Å². The molecule has 1 aromatic carbocycles. The molecule has 0 aliphatic carbocycles. The Morgan fingerprint density at radius 1 is 1.42 bits per heavy atom. The summed E-state index contributed by atoms with van der Waals surface area (Å²) in [6, 6.07) is 5.27. The number of likely N-dealkylation sites (N-methyl/N-ethyl adjacent to an activating group) is 1. The molecule has 19 heavy (non-hydrogen) atoms. The van der Waals surface area contributed by atoms with Gasteiger partial charge in [0.15, 0.2) is 0 Å². The van der Waals surface area contributed by atoms with Crippen LogP contribution in [-0.2, 0) is 4.74 Å². The van der Waals surface area contributed by atoms with Gasteiger partial charge in [0, 0.05) is 21.7 Å². The highest BCUT2D eigenvalue weighted by Crippen LogP contribution is 2.17. The van der Waals surface area contributed by atoms with Crippen LogP contribution in [0.15, 0.2) is 18.2 Å². The first-order valence-electron chi connectivity index (χ1n) is 5.96. The standard InChI is InChI=1S/C13H18ClIN2O2/c1-17(2)6-8-19-7-5-16-13(18)11-9-10(14)3-4-12(11)15/h3-4,9H,5-8H2,1-2H3,(H,16,18). The first kappa shape index (κ1) is 16.7. The Kier molecular flexibility index (Phi) is 7.67. The third kappa shape index (κ3) is 6.56. The Balaban J connectivity index is 2.29. The third-order valence-electron chi connectivity index (χ3n) is 2.39. The molecular weight excluding hydrogens is 379 g/mol. The molecule has 1 aromatic rings. The number of benzene rings is 1. The molecule has 6 heteroatoms. The van der Waals surface area contributed by atoms with E-state index in [2.05, 4.69) is 27.9 Å². The van der Waals surface area contributed by atoms with Crippen molar-refractivity contribution in [2.24, 2.45) is 0 Å². The van der Waals surface area contributed by atoms with Gasteiger partial charge in [0.1, 0.15) is 0 Å². The predicted octanol–water partition coefficient (Wildman–Crippen LogP) is 2.25. The average molecular weight is 397 g/mol. The van der Waals surface area contributed by atoms with Crippen LogP contribution < -0.4 is 5.32 Å². The van der Waals surface area contributed by atoms with Crippen molar-refractivity contribution in [3.05, 3.63) is 32.4 Å². The van der Waals surface area contributed by atoms with Gasteiger partial charge in [0.25, 0.3) is 5.91 Å². The van der Waals surface area contributed by atoms with Crippen molar-refractivity contribution in [1.29, 1.82) is 0 Å². The van der Waals surface area contributed by atoms with Crippen LogP contribution in [0.3, 0.4) is 0 Å². The Morgan fingerprint density at radius 2 is 2.16 bits per heavy atom. The predicted molar refractivity (Wildman–Crippen MR) is 85.9 cm³/mol. The zero-order valence-corrected chi connectivity index (χ0v) is 14.0. The Morgan fingerprint density at radius 3 is 2.84 bits per heavy atom. The third-order valence-corrected chi connectivity index (χ3v) is 3.56. The lowest BCUT2D eigenvalue weighted by molar-refractivity contribution is 0.0899. The van der Waals surface area contributed by atoms with Gasteiger partial charge >= 0.3 is 0 Å². The number of hydrogen-bond donors (Lipinski definition) is 1. The van der Waals surface area contributed by atoms with Crippen molar-refractivity contribution in [2.75, 3.05) is 40.4 Å². The van der Waals surface area contributed by atoms with E-state index in [0.717, 1.165) is 10.1 Å². The van der Waals surface area contributed by atoms with Crippen LogP contribution in [-0.4, -0.2) is 51.2 Å². The molecule has 0 fully saturated rings. The highest BCUT2D eigenvalue weighted by Gasteiger charge is 2.09. The molecule has 0 unspecified atom stereocenters. The number of carbonyl (C=O) groups excluding carboxylic acids is 1. The van der Waals surface area contributed by atoms with Crippen molar-refractivity contribution in [3.63, 3.8) is 0 Å². The molecule has 0 bridgehead atoms. The fourth-order valence-electron chi connectivity index (χ4n) is 1.35. The number of nitrogens with zero attached hydrogens (tertiary/aromatic N) is 1. The number of carbonyl (C=O) groups is 1. The largest absolute Gasteiger partial charge is 0.378 e. The Hall–Kier alpha value is -0.370. The molecule has 0 spiro atoms. The monoisotopic (exact) mass is 396 g/mol. The van der Waals surface area contributed by atoms with Gasteiger partial charge in [-0.15, -0.1) is 0 Å². The molecular formula is C13H18ClIN2O2. The zero-order valence-electron chi connectivity index (χ0n) is 11.1. The van der Waals surface area contributed by atoms with Gasteiger partial charge in [-0.2, -0.15) is 0 Å². The minimum atomic E-state index is -0.122. The van der Waals surface area contributed by atoms with E-state index in [9.17, 15) is 4.79 Å². The molecule has 0 aliphatic rings. The SMILES string of the molecule is CN(C)CCOCCNC(=O)c1cc(Cl)ccc1I. The molecule has 0 saturated heterocycles. The first-order chi connectivity index (χ1) is 9.00. The fraction of sp³-hybridized carbons (Fsp3) is 0.462. The van der Waals surface area contributed by atoms with Gasteiger partial charge in [-0.3, -0.25) is 4.79 Å². The van der Waals surface area contributed by atoms with E-state index in [1.807, 2.05) is 25.1 Å². The average Bonchev–Trinajstić information content (AvgIpc) is 2.36.